The molecule has 9 heteroatoms. The van der Waals surface area contributed by atoms with Crippen LogP contribution in [0.15, 0.2) is 35.1 Å². The molecule has 0 saturated carbocycles. The number of hydrogen-bond acceptors (Lipinski definition) is 7. The van der Waals surface area contributed by atoms with Crippen LogP contribution in [-0.2, 0) is 14.3 Å². The van der Waals surface area contributed by atoms with Crippen molar-refractivity contribution in [3.8, 4) is 0 Å². The molecule has 0 aliphatic carbocycles. The topological polar surface area (TPSA) is 85.8 Å². The summed E-state index contributed by atoms with van der Waals surface area (Å²) in [6, 6.07) is 4.77. The summed E-state index contributed by atoms with van der Waals surface area (Å²) in [7, 11) is 1.59. The summed E-state index contributed by atoms with van der Waals surface area (Å²) in [4.78, 5) is 48.8. The number of imide groups is 1. The number of amides is 3. The predicted molar refractivity (Wildman–Crippen MR) is 111 cm³/mol. The fourth-order valence-corrected chi connectivity index (χ4v) is 4.11. The van der Waals surface area contributed by atoms with Gasteiger partial charge in [0.2, 0.25) is 5.96 Å². The van der Waals surface area contributed by atoms with Crippen LogP contribution in [0.3, 0.4) is 0 Å². The molecule has 158 valence electrons. The molecule has 1 aromatic rings. The molecule has 1 aromatic carbocycles. The summed E-state index contributed by atoms with van der Waals surface area (Å²) in [5.41, 5.74) is 4.17. The average molecular weight is 411 g/mol. The van der Waals surface area contributed by atoms with Gasteiger partial charge in [-0.1, -0.05) is 12.1 Å². The van der Waals surface area contributed by atoms with Gasteiger partial charge in [0.25, 0.3) is 5.91 Å². The third kappa shape index (κ3) is 2.84. The van der Waals surface area contributed by atoms with E-state index in [-0.39, 0.29) is 6.61 Å². The molecule has 0 aromatic heterocycles. The zero-order chi connectivity index (χ0) is 21.7. The number of aliphatic imine (C=N–C) groups is 1. The maximum atomic E-state index is 13.2. The molecular formula is C21H25N5O4. The monoisotopic (exact) mass is 411 g/mol. The van der Waals surface area contributed by atoms with Gasteiger partial charge < -0.3 is 14.5 Å². The minimum Gasteiger partial charge on any atom is -0.465 e. The Morgan fingerprint density at radius 2 is 1.93 bits per heavy atom. The highest BCUT2D eigenvalue weighted by molar-refractivity contribution is 6.10. The van der Waals surface area contributed by atoms with Gasteiger partial charge in [0.1, 0.15) is 6.54 Å². The number of carbonyl (C=O) groups is 3. The second kappa shape index (κ2) is 7.16. The molecule has 1 fully saturated rings. The lowest BCUT2D eigenvalue weighted by Crippen LogP contribution is -2.65. The van der Waals surface area contributed by atoms with Crippen LogP contribution in [0.5, 0.6) is 0 Å². The number of benzene rings is 1. The number of likely N-dealkylation sites (N-methyl/N-ethyl adjacent to an activating group) is 1. The minimum atomic E-state index is -0.720. The summed E-state index contributed by atoms with van der Waals surface area (Å²) in [5.74, 6) is -0.473. The van der Waals surface area contributed by atoms with Gasteiger partial charge in [0, 0.05) is 18.9 Å². The fourth-order valence-electron chi connectivity index (χ4n) is 4.11. The highest BCUT2D eigenvalue weighted by atomic mass is 16.5. The van der Waals surface area contributed by atoms with Gasteiger partial charge in [0.05, 0.1) is 12.3 Å². The normalized spacial score (nSPS) is 22.8. The first-order chi connectivity index (χ1) is 14.3. The van der Waals surface area contributed by atoms with E-state index in [2.05, 4.69) is 0 Å². The van der Waals surface area contributed by atoms with E-state index < -0.39 is 36.7 Å². The quantitative estimate of drug-likeness (QED) is 0.703. The Morgan fingerprint density at radius 3 is 2.63 bits per heavy atom. The Labute approximate surface area is 175 Å². The molecule has 3 aliphatic rings. The van der Waals surface area contributed by atoms with Crippen molar-refractivity contribution in [2.75, 3.05) is 25.1 Å². The summed E-state index contributed by atoms with van der Waals surface area (Å²) in [6.45, 7) is 7.50. The van der Waals surface area contributed by atoms with E-state index in [1.807, 2.05) is 50.1 Å². The molecule has 3 aliphatic heterocycles. The second-order valence-corrected chi connectivity index (χ2v) is 7.64. The second-order valence-electron chi connectivity index (χ2n) is 7.64. The van der Waals surface area contributed by atoms with E-state index >= 15 is 0 Å². The summed E-state index contributed by atoms with van der Waals surface area (Å²) in [6.07, 6.45) is 1.21. The number of ether oxygens (including phenoxy) is 1. The molecule has 0 spiro atoms. The predicted octanol–water partition coefficient (Wildman–Crippen LogP) is 1.81. The number of esters is 1. The van der Waals surface area contributed by atoms with E-state index in [1.165, 1.54) is 4.90 Å². The number of anilines is 1. The Balaban J connectivity index is 1.69. The number of urea groups is 1. The molecule has 1 saturated heterocycles. The first-order valence-electron chi connectivity index (χ1n) is 9.91. The molecule has 0 radical (unpaired) electrons. The smallest absolute Gasteiger partial charge is 0.328 e. The van der Waals surface area contributed by atoms with Gasteiger partial charge in [-0.3, -0.25) is 19.4 Å². The Morgan fingerprint density at radius 1 is 1.20 bits per heavy atom. The number of nitrogens with zero attached hydrogens (tertiary/aromatic N) is 5. The van der Waals surface area contributed by atoms with E-state index in [0.717, 1.165) is 27.4 Å². The van der Waals surface area contributed by atoms with Crippen LogP contribution in [0.2, 0.25) is 0 Å². The van der Waals surface area contributed by atoms with E-state index in [9.17, 15) is 14.4 Å². The molecule has 0 bridgehead atoms. The van der Waals surface area contributed by atoms with Crippen molar-refractivity contribution >= 4 is 29.6 Å². The molecule has 3 heterocycles. The van der Waals surface area contributed by atoms with Crippen LogP contribution in [0, 0.1) is 13.8 Å². The Bertz CT molecular complexity index is 1000. The zero-order valence-corrected chi connectivity index (χ0v) is 17.7. The molecule has 4 rings (SSSR count). The van der Waals surface area contributed by atoms with Crippen LogP contribution in [0.1, 0.15) is 25.0 Å². The summed E-state index contributed by atoms with van der Waals surface area (Å²) < 4.78 is 4.92. The number of hydrogen-bond donors (Lipinski definition) is 0. The van der Waals surface area contributed by atoms with Crippen LogP contribution in [0.4, 0.5) is 10.5 Å². The van der Waals surface area contributed by atoms with Gasteiger partial charge in [-0.2, -0.15) is 0 Å². The van der Waals surface area contributed by atoms with Gasteiger partial charge in [-0.25, -0.2) is 9.79 Å². The highest BCUT2D eigenvalue weighted by Crippen LogP contribution is 2.37. The lowest BCUT2D eigenvalue weighted by molar-refractivity contribution is -0.150. The molecule has 2 unspecified atom stereocenters. The standard InChI is InChI=1S/C21H25N5O4/c1-6-30-16(27)11-25-19(28)17-18(23(5)21(25)29)22-20-24(17)10-13(3)26(20)15-9-7-8-12(2)14(15)4/h7-10,17-18H,6,11H2,1-5H3. The van der Waals surface area contributed by atoms with Crippen molar-refractivity contribution in [3.05, 3.63) is 41.2 Å². The SMILES string of the molecule is CCOC(=O)CN1C(=O)C2C(N=C3N(c4cccc(C)c4C)C(C)=CN32)N(C)C1=O. The fraction of sp³-hybridized carbons (Fsp3) is 0.429. The van der Waals surface area contributed by atoms with Crippen LogP contribution >= 0.6 is 0 Å². The van der Waals surface area contributed by atoms with Crippen molar-refractivity contribution in [1.29, 1.82) is 0 Å². The largest absolute Gasteiger partial charge is 0.465 e. The Kier molecular flexibility index (Phi) is 4.76. The molecule has 30 heavy (non-hydrogen) atoms. The average Bonchev–Trinajstić information content (AvgIpc) is 3.21. The third-order valence-corrected chi connectivity index (χ3v) is 5.80. The number of carbonyl (C=O) groups excluding carboxylic acids is 3. The highest BCUT2D eigenvalue weighted by Gasteiger charge is 2.54. The maximum absolute atomic E-state index is 13.2. The van der Waals surface area contributed by atoms with E-state index in [4.69, 9.17) is 9.73 Å². The maximum Gasteiger partial charge on any atom is 0.328 e. The summed E-state index contributed by atoms with van der Waals surface area (Å²) in [5, 5.41) is 0. The first kappa shape index (κ1) is 19.9. The van der Waals surface area contributed by atoms with Gasteiger partial charge in [-0.05, 0) is 44.9 Å². The van der Waals surface area contributed by atoms with Crippen molar-refractivity contribution in [1.82, 2.24) is 14.7 Å². The molecule has 0 N–H and O–H groups in total. The number of rotatable bonds is 4. The van der Waals surface area contributed by atoms with Gasteiger partial charge in [0.15, 0.2) is 12.2 Å². The third-order valence-electron chi connectivity index (χ3n) is 5.80. The Hall–Kier alpha value is -3.36. The van der Waals surface area contributed by atoms with E-state index in [1.54, 1.807) is 18.9 Å². The number of aryl methyl sites for hydroxylation is 1. The molecule has 2 atom stereocenters. The summed E-state index contributed by atoms with van der Waals surface area (Å²) >= 11 is 0. The van der Waals surface area contributed by atoms with Gasteiger partial charge >= 0.3 is 12.0 Å². The van der Waals surface area contributed by atoms with Crippen LogP contribution in [-0.4, -0.2) is 71.0 Å². The van der Waals surface area contributed by atoms with Crippen LogP contribution in [0.25, 0.3) is 0 Å². The number of fused-ring (bicyclic) bond motifs is 3. The lowest BCUT2D eigenvalue weighted by atomic mass is 10.1. The molecule has 3 amide bonds. The molecular weight excluding hydrogens is 386 g/mol. The minimum absolute atomic E-state index is 0.184. The number of guanidine groups is 1. The van der Waals surface area contributed by atoms with E-state index in [0.29, 0.717) is 5.96 Å². The van der Waals surface area contributed by atoms with Gasteiger partial charge in [-0.15, -0.1) is 0 Å². The van der Waals surface area contributed by atoms with Crippen molar-refractivity contribution in [2.45, 2.75) is 39.9 Å². The van der Waals surface area contributed by atoms with Crippen molar-refractivity contribution in [2.24, 2.45) is 4.99 Å². The lowest BCUT2D eigenvalue weighted by Gasteiger charge is -2.39. The van der Waals surface area contributed by atoms with Crippen molar-refractivity contribution in [3.63, 3.8) is 0 Å². The zero-order valence-electron chi connectivity index (χ0n) is 17.7. The number of allylic oxidation sites excluding steroid dienone is 1. The first-order valence-corrected chi connectivity index (χ1v) is 9.91. The molecule has 9 nitrogen and oxygen atoms in total. The van der Waals surface area contributed by atoms with Crippen LogP contribution < -0.4 is 4.90 Å². The van der Waals surface area contributed by atoms with Crippen molar-refractivity contribution < 1.29 is 19.1 Å².